The summed E-state index contributed by atoms with van der Waals surface area (Å²) in [6.45, 7) is 1.98. The number of hydrogen-bond donors (Lipinski definition) is 5. The number of aryl methyl sites for hydroxylation is 1. The van der Waals surface area contributed by atoms with E-state index in [1.807, 2.05) is 30.3 Å². The third-order valence-electron chi connectivity index (χ3n) is 6.72. The Morgan fingerprint density at radius 3 is 1.93 bits per heavy atom. The Labute approximate surface area is 239 Å². The average Bonchev–Trinajstić information content (AvgIpc) is 2.93. The van der Waals surface area contributed by atoms with Gasteiger partial charge in [0.05, 0.1) is 18.4 Å². The molecular formula is C29H45NO8PS+. The molecule has 0 spiro atoms. The van der Waals surface area contributed by atoms with Crippen LogP contribution in [0, 0.1) is 0 Å². The van der Waals surface area contributed by atoms with Gasteiger partial charge in [0.15, 0.2) is 6.10 Å². The van der Waals surface area contributed by atoms with Crippen molar-refractivity contribution in [2.75, 3.05) is 5.75 Å². The first-order chi connectivity index (χ1) is 19.0. The van der Waals surface area contributed by atoms with Crippen LogP contribution in [0.1, 0.15) is 75.8 Å². The molecule has 0 bridgehead atoms. The first kappa shape index (κ1) is 34.5. The van der Waals surface area contributed by atoms with Crippen molar-refractivity contribution >= 4 is 23.5 Å². The fourth-order valence-electron chi connectivity index (χ4n) is 4.44. The molecule has 3 unspecified atom stereocenters. The summed E-state index contributed by atoms with van der Waals surface area (Å²) in [5.41, 5.74) is 0.0487. The van der Waals surface area contributed by atoms with Gasteiger partial charge in [-0.1, -0.05) is 113 Å². The number of aliphatic hydroxyl groups is 1. The summed E-state index contributed by atoms with van der Waals surface area (Å²) < 4.78 is 34.1. The average molecular weight is 599 g/mol. The molecule has 0 aliphatic carbocycles. The van der Waals surface area contributed by atoms with Gasteiger partial charge >= 0.3 is 13.5 Å². The van der Waals surface area contributed by atoms with Crippen molar-refractivity contribution in [1.82, 2.24) is 4.72 Å². The van der Waals surface area contributed by atoms with Crippen LogP contribution >= 0.6 is 7.94 Å². The molecule has 0 saturated carbocycles. The Kier molecular flexibility index (Phi) is 15.4. The van der Waals surface area contributed by atoms with Crippen LogP contribution in [-0.2, 0) is 32.6 Å². The van der Waals surface area contributed by atoms with E-state index in [2.05, 4.69) is 11.6 Å². The largest absolute Gasteiger partial charge is 0.481 e. The minimum atomic E-state index is -5.04. The highest BCUT2D eigenvalue weighted by atomic mass is 32.2. The van der Waals surface area contributed by atoms with E-state index in [1.54, 1.807) is 30.3 Å². The molecule has 2 aromatic carbocycles. The monoisotopic (exact) mass is 598 g/mol. The van der Waals surface area contributed by atoms with Crippen molar-refractivity contribution in [3.63, 3.8) is 0 Å². The number of carbonyl (C=O) groups excluding carboxylic acids is 1. The second-order valence-corrected chi connectivity index (χ2v) is 13.6. The molecule has 224 valence electrons. The maximum absolute atomic E-state index is 13.0. The summed E-state index contributed by atoms with van der Waals surface area (Å²) >= 11 is 0. The fourth-order valence-corrected chi connectivity index (χ4v) is 6.43. The molecule has 2 rings (SSSR count). The van der Waals surface area contributed by atoms with Crippen molar-refractivity contribution in [3.05, 3.63) is 71.8 Å². The van der Waals surface area contributed by atoms with Gasteiger partial charge in [-0.2, -0.15) is 14.7 Å². The molecular weight excluding hydrogens is 553 g/mol. The Morgan fingerprint density at radius 1 is 0.850 bits per heavy atom. The number of nitrogens with one attached hydrogen (secondary N) is 1. The number of unbranched alkanes of at least 4 members (excludes halogenated alkanes) is 7. The van der Waals surface area contributed by atoms with E-state index < -0.39 is 41.7 Å². The molecule has 0 saturated heterocycles. The normalized spacial score (nSPS) is 14.5. The second-order valence-electron chi connectivity index (χ2n) is 10.2. The van der Waals surface area contributed by atoms with Crippen molar-refractivity contribution in [1.29, 1.82) is 0 Å². The van der Waals surface area contributed by atoms with Gasteiger partial charge < -0.3 is 9.84 Å². The molecule has 11 heteroatoms. The van der Waals surface area contributed by atoms with Gasteiger partial charge in [-0.25, -0.2) is 17.9 Å². The standard InChI is InChI=1S/C29H45NO8PS/c1-2-3-4-5-6-7-8-15-22-40(36,37)30-26(21-20-24-16-11-9-12-17-24)27(31)28(29(32)39(33,34)35)38-23-25-18-13-10-14-19-25/h9-14,16-19,26-28,30-31,33-35H,2-8,15,20-23H2,1H3/q+1. The Balaban J connectivity index is 2.14. The van der Waals surface area contributed by atoms with Crippen molar-refractivity contribution in [3.8, 4) is 0 Å². The van der Waals surface area contributed by atoms with E-state index >= 15 is 0 Å². The first-order valence-corrected chi connectivity index (χ1v) is 17.3. The van der Waals surface area contributed by atoms with Gasteiger partial charge in [0.2, 0.25) is 10.0 Å². The van der Waals surface area contributed by atoms with Gasteiger partial charge in [0.25, 0.3) is 0 Å². The van der Waals surface area contributed by atoms with Crippen LogP contribution in [0.5, 0.6) is 0 Å². The zero-order valence-electron chi connectivity index (χ0n) is 23.3. The van der Waals surface area contributed by atoms with Crippen LogP contribution in [-0.4, -0.2) is 57.7 Å². The molecule has 0 aliphatic heterocycles. The third-order valence-corrected chi connectivity index (χ3v) is 9.05. The van der Waals surface area contributed by atoms with Crippen LogP contribution in [0.2, 0.25) is 0 Å². The maximum atomic E-state index is 13.0. The van der Waals surface area contributed by atoms with Crippen molar-refractivity contribution in [2.45, 2.75) is 96.0 Å². The molecule has 0 aromatic heterocycles. The van der Waals surface area contributed by atoms with E-state index in [0.29, 0.717) is 18.4 Å². The van der Waals surface area contributed by atoms with Gasteiger partial charge in [-0.05, 0) is 30.4 Å². The Morgan fingerprint density at radius 2 is 1.38 bits per heavy atom. The molecule has 5 N–H and O–H groups in total. The minimum absolute atomic E-state index is 0.105. The lowest BCUT2D eigenvalue weighted by atomic mass is 9.99. The maximum Gasteiger partial charge on any atom is 0.481 e. The molecule has 0 aliphatic rings. The van der Waals surface area contributed by atoms with Crippen molar-refractivity contribution < 1.29 is 37.7 Å². The first-order valence-electron chi connectivity index (χ1n) is 14.0. The van der Waals surface area contributed by atoms with Crippen LogP contribution in [0.15, 0.2) is 60.7 Å². The SMILES string of the molecule is CCCCCCCCCCS(=O)(=O)NC(CCc1ccccc1)C(O)C(OCc1ccccc1)C(=O)[P+](O)(O)O. The lowest BCUT2D eigenvalue weighted by Crippen LogP contribution is -2.52. The Hall–Kier alpha value is -1.75. The van der Waals surface area contributed by atoms with Gasteiger partial charge in [0, 0.05) is 0 Å². The summed E-state index contributed by atoms with van der Waals surface area (Å²) in [7, 11) is -8.89. The Bertz CT molecular complexity index is 1080. The summed E-state index contributed by atoms with van der Waals surface area (Å²) in [5, 5.41) is 11.2. The lowest BCUT2D eigenvalue weighted by molar-refractivity contribution is -0.135. The van der Waals surface area contributed by atoms with Crippen LogP contribution < -0.4 is 4.72 Å². The second kappa shape index (κ2) is 17.9. The predicted molar refractivity (Wildman–Crippen MR) is 158 cm³/mol. The molecule has 0 heterocycles. The summed E-state index contributed by atoms with van der Waals surface area (Å²) in [4.78, 5) is 41.9. The lowest BCUT2D eigenvalue weighted by Gasteiger charge is -2.29. The molecule has 0 fully saturated rings. The zero-order chi connectivity index (χ0) is 29.4. The smallest absolute Gasteiger partial charge is 0.388 e. The molecule has 40 heavy (non-hydrogen) atoms. The molecule has 3 atom stereocenters. The van der Waals surface area contributed by atoms with Gasteiger partial charge in [-0.3, -0.25) is 0 Å². The molecule has 0 amide bonds. The van der Waals surface area contributed by atoms with E-state index in [9.17, 15) is 33.0 Å². The number of rotatable bonds is 21. The van der Waals surface area contributed by atoms with E-state index in [-0.39, 0.29) is 18.8 Å². The van der Waals surface area contributed by atoms with E-state index in [4.69, 9.17) is 4.74 Å². The van der Waals surface area contributed by atoms with E-state index in [0.717, 1.165) is 31.2 Å². The highest BCUT2D eigenvalue weighted by Gasteiger charge is 2.52. The number of ether oxygens (including phenoxy) is 1. The summed E-state index contributed by atoms with van der Waals surface area (Å²) in [6.07, 6.45) is 4.72. The fraction of sp³-hybridized carbons (Fsp3) is 0.552. The van der Waals surface area contributed by atoms with E-state index in [1.165, 1.54) is 19.3 Å². The summed E-state index contributed by atoms with van der Waals surface area (Å²) in [6, 6.07) is 16.8. The number of benzene rings is 2. The topological polar surface area (TPSA) is 153 Å². The van der Waals surface area contributed by atoms with Crippen LogP contribution in [0.25, 0.3) is 0 Å². The number of carbonyl (C=O) groups is 1. The van der Waals surface area contributed by atoms with Gasteiger partial charge in [0.1, 0.15) is 6.10 Å². The third kappa shape index (κ3) is 13.3. The highest BCUT2D eigenvalue weighted by Crippen LogP contribution is 2.47. The zero-order valence-corrected chi connectivity index (χ0v) is 25.0. The van der Waals surface area contributed by atoms with Crippen LogP contribution in [0.3, 0.4) is 0 Å². The summed E-state index contributed by atoms with van der Waals surface area (Å²) in [5.74, 6) is -0.142. The molecule has 9 nitrogen and oxygen atoms in total. The minimum Gasteiger partial charge on any atom is -0.388 e. The molecule has 2 aromatic rings. The molecule has 0 radical (unpaired) electrons. The quantitative estimate of drug-likeness (QED) is 0.106. The highest BCUT2D eigenvalue weighted by molar-refractivity contribution is 7.89. The van der Waals surface area contributed by atoms with Gasteiger partial charge in [-0.15, -0.1) is 0 Å². The number of hydrogen-bond acceptors (Lipinski definition) is 8. The van der Waals surface area contributed by atoms with Crippen molar-refractivity contribution in [2.24, 2.45) is 0 Å². The number of sulfonamides is 1. The predicted octanol–water partition coefficient (Wildman–Crippen LogP) is 4.26. The number of aliphatic hydroxyl groups excluding tert-OH is 1. The van der Waals surface area contributed by atoms with Crippen LogP contribution in [0.4, 0.5) is 0 Å².